The number of rotatable bonds is 5. The first-order valence-corrected chi connectivity index (χ1v) is 7.52. The fourth-order valence-corrected chi connectivity index (χ4v) is 2.75. The van der Waals surface area contributed by atoms with E-state index in [4.69, 9.17) is 17.3 Å². The number of nitrogens with zero attached hydrogens (tertiary/aromatic N) is 1. The Balaban J connectivity index is 1.78. The molecular weight excluding hydrogens is 287 g/mol. The van der Waals surface area contributed by atoms with Gasteiger partial charge in [0, 0.05) is 29.8 Å². The molecule has 0 spiro atoms. The van der Waals surface area contributed by atoms with Crippen molar-refractivity contribution in [2.75, 3.05) is 5.73 Å². The predicted octanol–water partition coefficient (Wildman–Crippen LogP) is 4.23. The van der Waals surface area contributed by atoms with Gasteiger partial charge in [0.25, 0.3) is 0 Å². The molecule has 0 aromatic heterocycles. The third kappa shape index (κ3) is 3.55. The third-order valence-electron chi connectivity index (χ3n) is 3.88. The summed E-state index contributed by atoms with van der Waals surface area (Å²) in [6.07, 6.45) is 2.40. The van der Waals surface area contributed by atoms with Gasteiger partial charge in [0.15, 0.2) is 0 Å². The molecule has 4 heteroatoms. The molecule has 2 nitrogen and oxygen atoms in total. The van der Waals surface area contributed by atoms with Crippen LogP contribution in [0.5, 0.6) is 0 Å². The van der Waals surface area contributed by atoms with Crippen molar-refractivity contribution < 1.29 is 4.39 Å². The molecule has 2 aromatic rings. The SMILES string of the molecule is Nc1ccccc1CN(Cc1ccc(F)cc1Cl)C1CC1. The Kier molecular flexibility index (Phi) is 4.13. The summed E-state index contributed by atoms with van der Waals surface area (Å²) in [6.45, 7) is 1.52. The van der Waals surface area contributed by atoms with Gasteiger partial charge in [0.2, 0.25) is 0 Å². The number of halogens is 2. The van der Waals surface area contributed by atoms with E-state index in [1.165, 1.54) is 25.0 Å². The lowest BCUT2D eigenvalue weighted by Gasteiger charge is -2.23. The summed E-state index contributed by atoms with van der Waals surface area (Å²) >= 11 is 6.14. The molecule has 0 bridgehead atoms. The van der Waals surface area contributed by atoms with Crippen LogP contribution >= 0.6 is 11.6 Å². The molecule has 0 aliphatic heterocycles. The number of para-hydroxylation sites is 1. The number of benzene rings is 2. The molecule has 1 fully saturated rings. The number of hydrogen-bond acceptors (Lipinski definition) is 2. The molecule has 0 unspecified atom stereocenters. The summed E-state index contributed by atoms with van der Waals surface area (Å²) in [6, 6.07) is 13.1. The van der Waals surface area contributed by atoms with Crippen LogP contribution in [-0.2, 0) is 13.1 Å². The Morgan fingerprint density at radius 1 is 1.10 bits per heavy atom. The van der Waals surface area contributed by atoms with E-state index in [0.29, 0.717) is 11.1 Å². The van der Waals surface area contributed by atoms with Gasteiger partial charge in [-0.2, -0.15) is 0 Å². The lowest BCUT2D eigenvalue weighted by atomic mass is 10.1. The molecule has 3 rings (SSSR count). The fraction of sp³-hybridized carbons (Fsp3) is 0.294. The summed E-state index contributed by atoms with van der Waals surface area (Å²) < 4.78 is 13.1. The number of nitrogen functional groups attached to an aromatic ring is 1. The molecule has 0 radical (unpaired) electrons. The highest BCUT2D eigenvalue weighted by molar-refractivity contribution is 6.31. The van der Waals surface area contributed by atoms with Crippen molar-refractivity contribution in [2.24, 2.45) is 0 Å². The quantitative estimate of drug-likeness (QED) is 0.838. The number of hydrogen-bond donors (Lipinski definition) is 1. The second kappa shape index (κ2) is 6.04. The molecular formula is C17H18ClFN2. The van der Waals surface area contributed by atoms with Crippen LogP contribution in [0.15, 0.2) is 42.5 Å². The number of anilines is 1. The summed E-state index contributed by atoms with van der Waals surface area (Å²) in [5.74, 6) is -0.297. The van der Waals surface area contributed by atoms with Gasteiger partial charge in [0.05, 0.1) is 0 Å². The molecule has 0 atom stereocenters. The molecule has 0 heterocycles. The van der Waals surface area contributed by atoms with Crippen molar-refractivity contribution in [3.8, 4) is 0 Å². The lowest BCUT2D eigenvalue weighted by molar-refractivity contribution is 0.246. The van der Waals surface area contributed by atoms with Crippen molar-refractivity contribution in [1.29, 1.82) is 0 Å². The second-order valence-corrected chi connectivity index (χ2v) is 5.98. The highest BCUT2D eigenvalue weighted by atomic mass is 35.5. The largest absolute Gasteiger partial charge is 0.398 e. The van der Waals surface area contributed by atoms with Crippen LogP contribution < -0.4 is 5.73 Å². The Labute approximate surface area is 129 Å². The van der Waals surface area contributed by atoms with Crippen molar-refractivity contribution in [1.82, 2.24) is 4.90 Å². The van der Waals surface area contributed by atoms with E-state index in [2.05, 4.69) is 11.0 Å². The molecule has 21 heavy (non-hydrogen) atoms. The van der Waals surface area contributed by atoms with Gasteiger partial charge in [-0.15, -0.1) is 0 Å². The highest BCUT2D eigenvalue weighted by Crippen LogP contribution is 2.32. The zero-order valence-corrected chi connectivity index (χ0v) is 12.5. The minimum atomic E-state index is -0.297. The van der Waals surface area contributed by atoms with Gasteiger partial charge >= 0.3 is 0 Å². The summed E-state index contributed by atoms with van der Waals surface area (Å²) in [5.41, 5.74) is 8.93. The zero-order chi connectivity index (χ0) is 14.8. The molecule has 110 valence electrons. The Morgan fingerprint density at radius 3 is 2.48 bits per heavy atom. The Bertz CT molecular complexity index is 640. The fourth-order valence-electron chi connectivity index (χ4n) is 2.52. The van der Waals surface area contributed by atoms with E-state index in [0.717, 1.165) is 29.9 Å². The van der Waals surface area contributed by atoms with E-state index < -0.39 is 0 Å². The number of nitrogens with two attached hydrogens (primary N) is 1. The van der Waals surface area contributed by atoms with Crippen molar-refractivity contribution >= 4 is 17.3 Å². The maximum atomic E-state index is 13.1. The predicted molar refractivity (Wildman–Crippen MR) is 84.5 cm³/mol. The third-order valence-corrected chi connectivity index (χ3v) is 4.23. The maximum absolute atomic E-state index is 13.1. The molecule has 0 amide bonds. The standard InChI is InChI=1S/C17H18ClFN2/c18-16-9-14(19)6-5-12(16)10-21(15-7-8-15)11-13-3-1-2-4-17(13)20/h1-6,9,15H,7-8,10-11,20H2. The first-order chi connectivity index (χ1) is 10.1. The van der Waals surface area contributed by atoms with Crippen molar-refractivity contribution in [3.05, 3.63) is 64.4 Å². The lowest BCUT2D eigenvalue weighted by Crippen LogP contribution is -2.25. The second-order valence-electron chi connectivity index (χ2n) is 5.57. The van der Waals surface area contributed by atoms with E-state index >= 15 is 0 Å². The van der Waals surface area contributed by atoms with Gasteiger partial charge in [-0.25, -0.2) is 4.39 Å². The molecule has 0 saturated heterocycles. The molecule has 1 aliphatic carbocycles. The van der Waals surface area contributed by atoms with Gasteiger partial charge in [-0.05, 0) is 42.2 Å². The summed E-state index contributed by atoms with van der Waals surface area (Å²) in [4.78, 5) is 2.37. The zero-order valence-electron chi connectivity index (χ0n) is 11.7. The van der Waals surface area contributed by atoms with Crippen molar-refractivity contribution in [3.63, 3.8) is 0 Å². The van der Waals surface area contributed by atoms with Gasteiger partial charge in [-0.3, -0.25) is 4.90 Å². The topological polar surface area (TPSA) is 29.3 Å². The van der Waals surface area contributed by atoms with E-state index in [1.807, 2.05) is 18.2 Å². The summed E-state index contributed by atoms with van der Waals surface area (Å²) in [7, 11) is 0. The van der Waals surface area contributed by atoms with Gasteiger partial charge in [-0.1, -0.05) is 35.9 Å². The molecule has 2 N–H and O–H groups in total. The molecule has 1 aliphatic rings. The van der Waals surface area contributed by atoms with E-state index in [1.54, 1.807) is 6.07 Å². The van der Waals surface area contributed by atoms with Crippen LogP contribution in [-0.4, -0.2) is 10.9 Å². The average molecular weight is 305 g/mol. The highest BCUT2D eigenvalue weighted by Gasteiger charge is 2.29. The Hall–Kier alpha value is -1.58. The van der Waals surface area contributed by atoms with E-state index in [9.17, 15) is 4.39 Å². The smallest absolute Gasteiger partial charge is 0.124 e. The first-order valence-electron chi connectivity index (χ1n) is 7.15. The van der Waals surface area contributed by atoms with Crippen LogP contribution in [0.25, 0.3) is 0 Å². The first kappa shape index (κ1) is 14.4. The van der Waals surface area contributed by atoms with Crippen LogP contribution in [0.2, 0.25) is 5.02 Å². The molecule has 2 aromatic carbocycles. The average Bonchev–Trinajstić information content (AvgIpc) is 3.27. The van der Waals surface area contributed by atoms with Crippen LogP contribution in [0.1, 0.15) is 24.0 Å². The van der Waals surface area contributed by atoms with Crippen LogP contribution in [0, 0.1) is 5.82 Å². The van der Waals surface area contributed by atoms with Crippen molar-refractivity contribution in [2.45, 2.75) is 32.0 Å². The monoisotopic (exact) mass is 304 g/mol. The van der Waals surface area contributed by atoms with Gasteiger partial charge in [0.1, 0.15) is 5.82 Å². The minimum Gasteiger partial charge on any atom is -0.398 e. The van der Waals surface area contributed by atoms with Crippen LogP contribution in [0.4, 0.5) is 10.1 Å². The maximum Gasteiger partial charge on any atom is 0.124 e. The van der Waals surface area contributed by atoms with E-state index in [-0.39, 0.29) is 5.82 Å². The summed E-state index contributed by atoms with van der Waals surface area (Å²) in [5, 5.41) is 0.488. The molecule has 1 saturated carbocycles. The normalized spacial score (nSPS) is 14.6. The Morgan fingerprint density at radius 2 is 1.81 bits per heavy atom. The van der Waals surface area contributed by atoms with Gasteiger partial charge < -0.3 is 5.73 Å². The van der Waals surface area contributed by atoms with Crippen LogP contribution in [0.3, 0.4) is 0 Å². The minimum absolute atomic E-state index is 0.297.